The van der Waals surface area contributed by atoms with E-state index in [0.717, 1.165) is 11.1 Å². The van der Waals surface area contributed by atoms with E-state index in [-0.39, 0.29) is 0 Å². The van der Waals surface area contributed by atoms with Gasteiger partial charge in [-0.25, -0.2) is 0 Å². The molecule has 0 radical (unpaired) electrons. The summed E-state index contributed by atoms with van der Waals surface area (Å²) in [5.41, 5.74) is 5.49. The van der Waals surface area contributed by atoms with Gasteiger partial charge < -0.3 is 5.73 Å². The molecule has 1 aromatic heterocycles. The lowest BCUT2D eigenvalue weighted by Gasteiger charge is -2.04. The van der Waals surface area contributed by atoms with Crippen LogP contribution in [0.15, 0.2) is 10.7 Å². The maximum absolute atomic E-state index is 5.49. The van der Waals surface area contributed by atoms with Crippen LogP contribution in [0.1, 0.15) is 13.8 Å². The summed E-state index contributed by atoms with van der Waals surface area (Å²) in [5, 5.41) is 4.10. The summed E-state index contributed by atoms with van der Waals surface area (Å²) in [5.74, 6) is 1.16. The fraction of sp³-hybridized carbons (Fsp3) is 0.571. The van der Waals surface area contributed by atoms with E-state index in [4.69, 9.17) is 5.73 Å². The Bertz CT molecular complexity index is 242. The molecule has 0 aliphatic rings. The van der Waals surface area contributed by atoms with Gasteiger partial charge in [0.1, 0.15) is 10.4 Å². The predicted molar refractivity (Wildman–Crippen MR) is 49.2 cm³/mol. The Morgan fingerprint density at radius 2 is 2.36 bits per heavy atom. The van der Waals surface area contributed by atoms with Crippen LogP contribution in [-0.4, -0.2) is 9.78 Å². The van der Waals surface area contributed by atoms with Crippen LogP contribution in [-0.2, 0) is 6.54 Å². The Kier molecular flexibility index (Phi) is 2.54. The van der Waals surface area contributed by atoms with Gasteiger partial charge in [0.15, 0.2) is 0 Å². The summed E-state index contributed by atoms with van der Waals surface area (Å²) in [6, 6.07) is 1.81. The third-order valence-electron chi connectivity index (χ3n) is 1.29. The van der Waals surface area contributed by atoms with Crippen molar-refractivity contribution in [2.45, 2.75) is 20.4 Å². The van der Waals surface area contributed by atoms with E-state index in [2.05, 4.69) is 34.9 Å². The molecule has 3 nitrogen and oxygen atoms in total. The number of hydrogen-bond acceptors (Lipinski definition) is 2. The molecule has 0 fully saturated rings. The van der Waals surface area contributed by atoms with Crippen molar-refractivity contribution in [1.29, 1.82) is 0 Å². The number of anilines is 1. The van der Waals surface area contributed by atoms with Crippen molar-refractivity contribution in [2.75, 3.05) is 5.73 Å². The van der Waals surface area contributed by atoms with Gasteiger partial charge in [0.25, 0.3) is 0 Å². The molecule has 11 heavy (non-hydrogen) atoms. The van der Waals surface area contributed by atoms with Crippen molar-refractivity contribution in [3.05, 3.63) is 10.7 Å². The molecule has 0 atom stereocenters. The third kappa shape index (κ3) is 2.22. The molecular formula is C7H12BrN3. The average Bonchev–Trinajstić information content (AvgIpc) is 2.09. The number of aromatic nitrogens is 2. The van der Waals surface area contributed by atoms with Gasteiger partial charge in [0, 0.05) is 12.6 Å². The van der Waals surface area contributed by atoms with Crippen molar-refractivity contribution in [3.63, 3.8) is 0 Å². The fourth-order valence-corrected chi connectivity index (χ4v) is 1.35. The molecule has 0 aromatic carbocycles. The van der Waals surface area contributed by atoms with Gasteiger partial charge in [-0.2, -0.15) is 5.10 Å². The minimum Gasteiger partial charge on any atom is -0.382 e. The molecule has 0 bridgehead atoms. The molecule has 0 aliphatic carbocycles. The zero-order valence-corrected chi connectivity index (χ0v) is 8.30. The summed E-state index contributed by atoms with van der Waals surface area (Å²) >= 11 is 3.37. The normalized spacial score (nSPS) is 10.9. The monoisotopic (exact) mass is 217 g/mol. The summed E-state index contributed by atoms with van der Waals surface area (Å²) in [6.07, 6.45) is 0. The van der Waals surface area contributed by atoms with Crippen molar-refractivity contribution >= 4 is 21.7 Å². The quantitative estimate of drug-likeness (QED) is 0.823. The maximum Gasteiger partial charge on any atom is 0.146 e. The standard InChI is InChI=1S/C7H12BrN3/c1-5(2)4-11-6(8)3-7(9)10-11/h3,5H,4H2,1-2H3,(H2,9,10). The van der Waals surface area contributed by atoms with Crippen LogP contribution < -0.4 is 5.73 Å². The average molecular weight is 218 g/mol. The lowest BCUT2D eigenvalue weighted by atomic mass is 10.2. The molecule has 4 heteroatoms. The summed E-state index contributed by atoms with van der Waals surface area (Å²) in [7, 11) is 0. The molecule has 0 saturated carbocycles. The Morgan fingerprint density at radius 3 is 2.73 bits per heavy atom. The summed E-state index contributed by atoms with van der Waals surface area (Å²) in [6.45, 7) is 5.19. The van der Waals surface area contributed by atoms with Gasteiger partial charge in [-0.3, -0.25) is 4.68 Å². The van der Waals surface area contributed by atoms with Crippen molar-refractivity contribution in [3.8, 4) is 0 Å². The zero-order valence-electron chi connectivity index (χ0n) is 6.71. The van der Waals surface area contributed by atoms with Crippen molar-refractivity contribution in [1.82, 2.24) is 9.78 Å². The second-order valence-corrected chi connectivity index (χ2v) is 3.78. The highest BCUT2D eigenvalue weighted by Crippen LogP contribution is 2.14. The van der Waals surface area contributed by atoms with E-state index in [1.54, 1.807) is 0 Å². The first-order valence-electron chi connectivity index (χ1n) is 3.58. The lowest BCUT2D eigenvalue weighted by molar-refractivity contribution is 0.477. The Balaban J connectivity index is 2.77. The van der Waals surface area contributed by atoms with Crippen LogP contribution in [0.5, 0.6) is 0 Å². The molecule has 0 aliphatic heterocycles. The minimum absolute atomic E-state index is 0.567. The van der Waals surface area contributed by atoms with E-state index >= 15 is 0 Å². The van der Waals surface area contributed by atoms with E-state index in [1.165, 1.54) is 0 Å². The summed E-state index contributed by atoms with van der Waals surface area (Å²) < 4.78 is 2.81. The predicted octanol–water partition coefficient (Wildman–Crippen LogP) is 1.88. The van der Waals surface area contributed by atoms with Gasteiger partial charge in [0.2, 0.25) is 0 Å². The van der Waals surface area contributed by atoms with Crippen LogP contribution in [0, 0.1) is 5.92 Å². The van der Waals surface area contributed by atoms with Gasteiger partial charge >= 0.3 is 0 Å². The van der Waals surface area contributed by atoms with Crippen LogP contribution in [0.4, 0.5) is 5.82 Å². The Morgan fingerprint density at radius 1 is 1.73 bits per heavy atom. The van der Waals surface area contributed by atoms with Gasteiger partial charge in [0.05, 0.1) is 0 Å². The second-order valence-electron chi connectivity index (χ2n) is 2.97. The molecule has 0 unspecified atom stereocenters. The zero-order chi connectivity index (χ0) is 8.43. The third-order valence-corrected chi connectivity index (χ3v) is 1.93. The van der Waals surface area contributed by atoms with Crippen LogP contribution in [0.25, 0.3) is 0 Å². The number of rotatable bonds is 2. The first-order valence-corrected chi connectivity index (χ1v) is 4.37. The largest absolute Gasteiger partial charge is 0.382 e. The summed E-state index contributed by atoms with van der Waals surface area (Å²) in [4.78, 5) is 0. The fourth-order valence-electron chi connectivity index (χ4n) is 0.886. The smallest absolute Gasteiger partial charge is 0.146 e. The number of nitrogen functional groups attached to an aromatic ring is 1. The van der Waals surface area contributed by atoms with Crippen LogP contribution >= 0.6 is 15.9 Å². The number of halogens is 1. The Labute approximate surface area is 74.7 Å². The molecule has 0 spiro atoms. The van der Waals surface area contributed by atoms with Gasteiger partial charge in [-0.05, 0) is 21.8 Å². The first kappa shape index (κ1) is 8.59. The molecule has 2 N–H and O–H groups in total. The van der Waals surface area contributed by atoms with Crippen molar-refractivity contribution < 1.29 is 0 Å². The number of nitrogens with two attached hydrogens (primary N) is 1. The highest BCUT2D eigenvalue weighted by molar-refractivity contribution is 9.10. The molecular weight excluding hydrogens is 206 g/mol. The molecule has 0 amide bonds. The number of nitrogens with zero attached hydrogens (tertiary/aromatic N) is 2. The van der Waals surface area contributed by atoms with Gasteiger partial charge in [-0.1, -0.05) is 13.8 Å². The van der Waals surface area contributed by atoms with E-state index in [9.17, 15) is 0 Å². The van der Waals surface area contributed by atoms with Crippen LogP contribution in [0.2, 0.25) is 0 Å². The minimum atomic E-state index is 0.567. The van der Waals surface area contributed by atoms with Gasteiger partial charge in [-0.15, -0.1) is 0 Å². The SMILES string of the molecule is CC(C)Cn1nc(N)cc1Br. The molecule has 62 valence electrons. The van der Waals surface area contributed by atoms with Crippen LogP contribution in [0.3, 0.4) is 0 Å². The molecule has 1 aromatic rings. The highest BCUT2D eigenvalue weighted by Gasteiger charge is 2.03. The second kappa shape index (κ2) is 3.26. The highest BCUT2D eigenvalue weighted by atomic mass is 79.9. The van der Waals surface area contributed by atoms with Crippen molar-refractivity contribution in [2.24, 2.45) is 5.92 Å². The molecule has 1 rings (SSSR count). The Hall–Kier alpha value is -0.510. The maximum atomic E-state index is 5.49. The topological polar surface area (TPSA) is 43.8 Å². The van der Waals surface area contributed by atoms with E-state index < -0.39 is 0 Å². The van der Waals surface area contributed by atoms with E-state index in [1.807, 2.05) is 10.7 Å². The molecule has 0 saturated heterocycles. The number of hydrogen-bond donors (Lipinski definition) is 1. The molecule has 1 heterocycles. The lowest BCUT2D eigenvalue weighted by Crippen LogP contribution is -2.06. The first-order chi connectivity index (χ1) is 5.09. The van der Waals surface area contributed by atoms with E-state index in [0.29, 0.717) is 11.7 Å².